The van der Waals surface area contributed by atoms with E-state index in [0.29, 0.717) is 9.63 Å². The van der Waals surface area contributed by atoms with Crippen molar-refractivity contribution in [1.29, 1.82) is 0 Å². The van der Waals surface area contributed by atoms with Crippen LogP contribution >= 0.6 is 27.7 Å². The van der Waals surface area contributed by atoms with E-state index in [-0.39, 0.29) is 22.5 Å². The van der Waals surface area contributed by atoms with Gasteiger partial charge in [-0.05, 0) is 86.7 Å². The molecule has 0 N–H and O–H groups in total. The minimum Gasteiger partial charge on any atom is -0.496 e. The maximum absolute atomic E-state index is 14.6. The van der Waals surface area contributed by atoms with Gasteiger partial charge in [-0.3, -0.25) is 4.57 Å². The number of aryl methyl sites for hydroxylation is 2. The molecule has 1 unspecified atom stereocenters. The Balaban J connectivity index is 1.65. The summed E-state index contributed by atoms with van der Waals surface area (Å²) in [6.07, 6.45) is 2.65. The molecule has 0 aliphatic heterocycles. The lowest BCUT2D eigenvalue weighted by Crippen LogP contribution is -2.31. The van der Waals surface area contributed by atoms with Crippen LogP contribution in [0.1, 0.15) is 47.8 Å². The van der Waals surface area contributed by atoms with Crippen molar-refractivity contribution in [2.75, 3.05) is 7.11 Å². The fourth-order valence-electron chi connectivity index (χ4n) is 5.19. The van der Waals surface area contributed by atoms with Gasteiger partial charge in [0, 0.05) is 26.9 Å². The number of hydrogen-bond donors (Lipinski definition) is 0. The number of rotatable bonds is 6. The van der Waals surface area contributed by atoms with E-state index in [1.54, 1.807) is 19.2 Å². The standard InChI is InChI=1S/C29H26BrF3N2OS/c1-17-13-18(6-11-26(17)36-3)29(2)12-4-5-25-27(29)35(21-9-7-20(31)8-10-21)28(34-25)37-16-22-23(32)14-19(30)15-24(22)33/h6-11,13-15H,4-5,12,16H2,1-3H3. The Kier molecular flexibility index (Phi) is 7.16. The van der Waals surface area contributed by atoms with Crippen LogP contribution in [0.25, 0.3) is 5.69 Å². The van der Waals surface area contributed by atoms with E-state index in [1.165, 1.54) is 36.0 Å². The zero-order valence-electron chi connectivity index (χ0n) is 20.7. The van der Waals surface area contributed by atoms with E-state index in [0.717, 1.165) is 53.2 Å². The molecular weight excluding hydrogens is 561 g/mol. The Hall–Kier alpha value is -2.71. The molecule has 192 valence electrons. The van der Waals surface area contributed by atoms with Crippen molar-refractivity contribution in [3.63, 3.8) is 0 Å². The summed E-state index contributed by atoms with van der Waals surface area (Å²) in [5.74, 6) is -0.657. The van der Waals surface area contributed by atoms with Gasteiger partial charge in [0.05, 0.1) is 18.5 Å². The van der Waals surface area contributed by atoms with Crippen molar-refractivity contribution in [2.45, 2.75) is 49.4 Å². The summed E-state index contributed by atoms with van der Waals surface area (Å²) in [5, 5.41) is 0.622. The Morgan fingerprint density at radius 2 is 1.76 bits per heavy atom. The first-order valence-electron chi connectivity index (χ1n) is 12.0. The highest BCUT2D eigenvalue weighted by atomic mass is 79.9. The first-order valence-corrected chi connectivity index (χ1v) is 13.8. The highest BCUT2D eigenvalue weighted by Crippen LogP contribution is 2.46. The normalized spacial score (nSPS) is 17.1. The number of thioether (sulfide) groups is 1. The lowest BCUT2D eigenvalue weighted by atomic mass is 9.71. The number of halogens is 4. The van der Waals surface area contributed by atoms with Crippen LogP contribution in [0, 0.1) is 24.4 Å². The molecule has 3 aromatic carbocycles. The van der Waals surface area contributed by atoms with Crippen LogP contribution in [-0.4, -0.2) is 16.7 Å². The molecule has 0 saturated heterocycles. The molecule has 1 aromatic heterocycles. The number of hydrogen-bond acceptors (Lipinski definition) is 3. The summed E-state index contributed by atoms with van der Waals surface area (Å²) in [4.78, 5) is 4.97. The van der Waals surface area contributed by atoms with Gasteiger partial charge < -0.3 is 4.74 Å². The molecule has 1 aliphatic rings. The zero-order valence-corrected chi connectivity index (χ0v) is 23.1. The minimum absolute atomic E-state index is 0.00614. The second-order valence-corrected chi connectivity index (χ2v) is 11.4. The van der Waals surface area contributed by atoms with Crippen LogP contribution in [0.3, 0.4) is 0 Å². The lowest BCUT2D eigenvalue weighted by molar-refractivity contribution is 0.409. The molecule has 8 heteroatoms. The Labute approximate surface area is 227 Å². The van der Waals surface area contributed by atoms with Gasteiger partial charge in [-0.1, -0.05) is 39.8 Å². The van der Waals surface area contributed by atoms with Crippen molar-refractivity contribution in [3.8, 4) is 11.4 Å². The summed E-state index contributed by atoms with van der Waals surface area (Å²) < 4.78 is 50.9. The van der Waals surface area contributed by atoms with E-state index >= 15 is 0 Å². The quantitative estimate of drug-likeness (QED) is 0.213. The first-order chi connectivity index (χ1) is 17.7. The Morgan fingerprint density at radius 3 is 2.41 bits per heavy atom. The summed E-state index contributed by atoms with van der Waals surface area (Å²) in [7, 11) is 1.66. The van der Waals surface area contributed by atoms with Crippen molar-refractivity contribution in [3.05, 3.63) is 105 Å². The number of fused-ring (bicyclic) bond motifs is 1. The molecule has 1 aliphatic carbocycles. The maximum atomic E-state index is 14.6. The van der Waals surface area contributed by atoms with Crippen molar-refractivity contribution >= 4 is 27.7 Å². The predicted molar refractivity (Wildman–Crippen MR) is 144 cm³/mol. The highest BCUT2D eigenvalue weighted by molar-refractivity contribution is 9.10. The minimum atomic E-state index is -0.609. The van der Waals surface area contributed by atoms with Crippen LogP contribution in [-0.2, 0) is 17.6 Å². The smallest absolute Gasteiger partial charge is 0.173 e. The van der Waals surface area contributed by atoms with E-state index < -0.39 is 11.6 Å². The molecule has 0 amide bonds. The second kappa shape index (κ2) is 10.2. The molecule has 0 saturated carbocycles. The molecule has 1 heterocycles. The molecular formula is C29H26BrF3N2OS. The van der Waals surface area contributed by atoms with Gasteiger partial charge in [0.2, 0.25) is 0 Å². The topological polar surface area (TPSA) is 27.1 Å². The van der Waals surface area contributed by atoms with Crippen LogP contribution < -0.4 is 4.74 Å². The summed E-state index contributed by atoms with van der Waals surface area (Å²) in [6, 6.07) is 15.0. The number of aromatic nitrogens is 2. The van der Waals surface area contributed by atoms with E-state index in [2.05, 4.69) is 35.0 Å². The molecule has 0 spiro atoms. The van der Waals surface area contributed by atoms with Gasteiger partial charge in [-0.25, -0.2) is 18.2 Å². The van der Waals surface area contributed by atoms with E-state index in [1.807, 2.05) is 17.6 Å². The van der Waals surface area contributed by atoms with Crippen molar-refractivity contribution in [2.24, 2.45) is 0 Å². The van der Waals surface area contributed by atoms with Crippen LogP contribution in [0.4, 0.5) is 13.2 Å². The monoisotopic (exact) mass is 586 g/mol. The summed E-state index contributed by atoms with van der Waals surface area (Å²) >= 11 is 4.41. The molecule has 5 rings (SSSR count). The Morgan fingerprint density at radius 1 is 1.05 bits per heavy atom. The molecule has 0 fully saturated rings. The number of methoxy groups -OCH3 is 1. The third-order valence-corrected chi connectivity index (χ3v) is 8.52. The average Bonchev–Trinajstić information content (AvgIpc) is 3.24. The van der Waals surface area contributed by atoms with Gasteiger partial charge in [0.1, 0.15) is 23.2 Å². The van der Waals surface area contributed by atoms with Gasteiger partial charge in [-0.15, -0.1) is 0 Å². The lowest BCUT2D eigenvalue weighted by Gasteiger charge is -2.36. The molecule has 3 nitrogen and oxygen atoms in total. The van der Waals surface area contributed by atoms with Gasteiger partial charge in [0.15, 0.2) is 5.16 Å². The van der Waals surface area contributed by atoms with Crippen LogP contribution in [0.5, 0.6) is 5.75 Å². The van der Waals surface area contributed by atoms with Crippen LogP contribution in [0.2, 0.25) is 0 Å². The predicted octanol–water partition coefficient (Wildman–Crippen LogP) is 8.30. The molecule has 1 atom stereocenters. The number of ether oxygens (including phenoxy) is 1. The highest BCUT2D eigenvalue weighted by Gasteiger charge is 2.39. The largest absolute Gasteiger partial charge is 0.496 e. The number of benzene rings is 3. The SMILES string of the molecule is COc1ccc(C2(C)CCCc3nc(SCc4c(F)cc(Br)cc4F)n(-c4ccc(F)cc4)c32)cc1C. The zero-order chi connectivity index (χ0) is 26.3. The molecule has 37 heavy (non-hydrogen) atoms. The third-order valence-electron chi connectivity index (χ3n) is 7.10. The number of imidazole rings is 1. The van der Waals surface area contributed by atoms with E-state index in [4.69, 9.17) is 9.72 Å². The van der Waals surface area contributed by atoms with Crippen molar-refractivity contribution in [1.82, 2.24) is 9.55 Å². The first kappa shape index (κ1) is 25.9. The maximum Gasteiger partial charge on any atom is 0.173 e. The third kappa shape index (κ3) is 4.81. The summed E-state index contributed by atoms with van der Waals surface area (Å²) in [5.41, 5.74) is 4.52. The van der Waals surface area contributed by atoms with Gasteiger partial charge >= 0.3 is 0 Å². The second-order valence-electron chi connectivity index (χ2n) is 9.51. The Bertz CT molecular complexity index is 1450. The van der Waals surface area contributed by atoms with E-state index in [9.17, 15) is 13.2 Å². The fourth-order valence-corrected chi connectivity index (χ4v) is 6.64. The van der Waals surface area contributed by atoms with Crippen LogP contribution in [0.15, 0.2) is 64.2 Å². The molecule has 4 aromatic rings. The van der Waals surface area contributed by atoms with Crippen molar-refractivity contribution < 1.29 is 17.9 Å². The summed E-state index contributed by atoms with van der Waals surface area (Å²) in [6.45, 7) is 4.23. The number of nitrogens with zero attached hydrogens (tertiary/aromatic N) is 2. The molecule has 0 bridgehead atoms. The van der Waals surface area contributed by atoms with Gasteiger partial charge in [-0.2, -0.15) is 0 Å². The van der Waals surface area contributed by atoms with Gasteiger partial charge in [0.25, 0.3) is 0 Å². The molecule has 0 radical (unpaired) electrons. The fraction of sp³-hybridized carbons (Fsp3) is 0.276. The average molecular weight is 588 g/mol.